The Morgan fingerprint density at radius 3 is 1.38 bits per heavy atom. The summed E-state index contributed by atoms with van der Waals surface area (Å²) in [6.45, 7) is 30.9. The van der Waals surface area contributed by atoms with Crippen molar-refractivity contribution in [2.24, 2.45) is 0 Å². The lowest BCUT2D eigenvalue weighted by Crippen LogP contribution is -3.00. The Hall–Kier alpha value is -0.970. The zero-order chi connectivity index (χ0) is 49.9. The average Bonchev–Trinajstić information content (AvgIpc) is 3.59. The number of halogens is 1. The Morgan fingerprint density at radius 1 is 0.708 bits per heavy atom. The summed E-state index contributed by atoms with van der Waals surface area (Å²) in [7, 11) is 7.00. The molecule has 2 unspecified atom stereocenters. The first kappa shape index (κ1) is 73.0. The number of carbonyl (C=O) groups is 1. The number of nitrogens with zero attached hydrogens (tertiary/aromatic N) is 5. The summed E-state index contributed by atoms with van der Waals surface area (Å²) in [5, 5.41) is 55.1. The van der Waals surface area contributed by atoms with E-state index in [-0.39, 0.29) is 56.6 Å². The van der Waals surface area contributed by atoms with Crippen LogP contribution in [0.25, 0.3) is 0 Å². The summed E-state index contributed by atoms with van der Waals surface area (Å²) >= 11 is 0. The van der Waals surface area contributed by atoms with Crippen molar-refractivity contribution in [2.75, 3.05) is 212 Å². The summed E-state index contributed by atoms with van der Waals surface area (Å²) in [5.41, 5.74) is 0. The van der Waals surface area contributed by atoms with E-state index in [9.17, 15) is 13.2 Å². The number of hydrogen-bond acceptors (Lipinski definition) is 17. The van der Waals surface area contributed by atoms with E-state index in [0.29, 0.717) is 65.6 Å². The quantitative estimate of drug-likeness (QED) is 0.0156. The molecule has 398 valence electrons. The lowest BCUT2D eigenvalue weighted by molar-refractivity contribution is -0.908. The van der Waals surface area contributed by atoms with Crippen molar-refractivity contribution in [3.63, 3.8) is 0 Å². The van der Waals surface area contributed by atoms with Gasteiger partial charge in [-0.15, -0.1) is 0 Å². The molecule has 1 aliphatic heterocycles. The largest absolute Gasteiger partial charge is 1.00 e. The highest BCUT2D eigenvalue weighted by atomic mass is 35.5. The number of ether oxygens (including phenoxy) is 5. The molecule has 0 aromatic carbocycles. The van der Waals surface area contributed by atoms with Gasteiger partial charge in [0.25, 0.3) is 10.1 Å². The first-order chi connectivity index (χ1) is 30.1. The molecular weight excluding hydrogens is 896 g/mol. The number of hydrogen-bond donors (Lipinski definition) is 6. The molecule has 1 heterocycles. The molecule has 1 aliphatic rings. The van der Waals surface area contributed by atoms with Crippen LogP contribution in [-0.4, -0.2) is 287 Å². The molecular formula is C42H98ClN6O15S+. The average molecular weight is 995 g/mol. The second-order valence-electron chi connectivity index (χ2n) is 16.6. The van der Waals surface area contributed by atoms with Crippen LogP contribution in [0.15, 0.2) is 0 Å². The van der Waals surface area contributed by atoms with Crippen molar-refractivity contribution in [1.82, 2.24) is 15.1 Å². The van der Waals surface area contributed by atoms with Gasteiger partial charge in [0.2, 0.25) is 5.91 Å². The highest BCUT2D eigenvalue weighted by molar-refractivity contribution is 7.86. The smallest absolute Gasteiger partial charge is 0.258 e. The SMILES string of the molecule is CC(=O)NCCN1CCN(C)C1C.CCS(=O)(=O)O[O-].CC[N+](C)(CC)CCOCC(C)O.CC[N+](C)(CCOCCO)CCOCCO.C[N+](C)(CCOCCO)CCOCCO.[Cl-]. The van der Waals surface area contributed by atoms with Crippen molar-refractivity contribution < 1.29 is 97.9 Å². The summed E-state index contributed by atoms with van der Waals surface area (Å²) in [5.74, 6) is -0.212. The highest BCUT2D eigenvalue weighted by Crippen LogP contribution is 2.10. The van der Waals surface area contributed by atoms with E-state index in [0.717, 1.165) is 98.6 Å². The van der Waals surface area contributed by atoms with Gasteiger partial charge in [0, 0.05) is 33.1 Å². The summed E-state index contributed by atoms with van der Waals surface area (Å²) < 4.78 is 51.5. The van der Waals surface area contributed by atoms with Gasteiger partial charge in [0.1, 0.15) is 32.7 Å². The van der Waals surface area contributed by atoms with Crippen molar-refractivity contribution in [3.05, 3.63) is 0 Å². The van der Waals surface area contributed by atoms with E-state index in [4.69, 9.17) is 54.5 Å². The molecule has 0 radical (unpaired) electrons. The lowest BCUT2D eigenvalue weighted by atomic mass is 10.4. The van der Waals surface area contributed by atoms with Crippen molar-refractivity contribution >= 4 is 16.0 Å². The van der Waals surface area contributed by atoms with Gasteiger partial charge in [-0.25, -0.2) is 8.42 Å². The minimum atomic E-state index is -3.71. The third-order valence-corrected chi connectivity index (χ3v) is 11.7. The standard InChI is InChI=1S/C11H26NO4.C10H24NO4.C10H24NO2.C9H19N3O.C2H6O4S.ClH/c1-3-12(2,4-8-15-10-6-13)5-9-16-11-7-14;1-11(2,3-7-14-9-5-12)4-8-15-10-6-13;1-5-11(4,6-2)7-8-13-9-10(3)12;1-8(13)10-4-5-12-7-6-11(3)9(12)2;1-2-7(4,5)6-3;/h13-14H,3-11H2,1-2H3;12-13H,3-10H2,1-2H3;10,12H,5-9H2,1-4H3;9H,4-7H2,1-3H3,(H,10,13);3H,2H2,1H3;1H/q3*+1;;;/p-2. The highest BCUT2D eigenvalue weighted by Gasteiger charge is 2.24. The van der Waals surface area contributed by atoms with Crippen LogP contribution in [0.1, 0.15) is 48.5 Å². The van der Waals surface area contributed by atoms with Crippen LogP contribution in [0.3, 0.4) is 0 Å². The predicted molar refractivity (Wildman–Crippen MR) is 247 cm³/mol. The first-order valence-corrected chi connectivity index (χ1v) is 24.4. The van der Waals surface area contributed by atoms with E-state index in [1.54, 1.807) is 13.8 Å². The monoisotopic (exact) mass is 994 g/mol. The maximum atomic E-state index is 10.6. The Morgan fingerprint density at radius 2 is 1.09 bits per heavy atom. The van der Waals surface area contributed by atoms with E-state index < -0.39 is 10.1 Å². The molecule has 65 heavy (non-hydrogen) atoms. The molecule has 23 heteroatoms. The van der Waals surface area contributed by atoms with E-state index >= 15 is 0 Å². The minimum Gasteiger partial charge on any atom is -1.00 e. The molecule has 6 N–H and O–H groups in total. The normalized spacial score (nSPS) is 14.9. The van der Waals surface area contributed by atoms with Crippen LogP contribution < -0.4 is 23.0 Å². The van der Waals surface area contributed by atoms with Crippen LogP contribution in [-0.2, 0) is 42.9 Å². The summed E-state index contributed by atoms with van der Waals surface area (Å²) in [6.07, 6.45) is 0.163. The van der Waals surface area contributed by atoms with Gasteiger partial charge in [-0.05, 0) is 48.6 Å². The lowest BCUT2D eigenvalue weighted by Gasteiger charge is -2.33. The van der Waals surface area contributed by atoms with Crippen LogP contribution in [0, 0.1) is 0 Å². The second kappa shape index (κ2) is 46.7. The Balaban J connectivity index is -0.000000234. The minimum absolute atomic E-state index is 0. The number of aliphatic hydroxyl groups is 5. The van der Waals surface area contributed by atoms with Crippen LogP contribution in [0.5, 0.6) is 0 Å². The Labute approximate surface area is 400 Å². The van der Waals surface area contributed by atoms with Gasteiger partial charge < -0.3 is 90.0 Å². The molecule has 1 fully saturated rings. The van der Waals surface area contributed by atoms with Crippen molar-refractivity contribution in [1.29, 1.82) is 0 Å². The number of rotatable bonds is 33. The molecule has 0 aromatic heterocycles. The molecule has 0 aromatic rings. The molecule has 0 bridgehead atoms. The molecule has 1 saturated heterocycles. The van der Waals surface area contributed by atoms with Crippen LogP contribution >= 0.6 is 0 Å². The Kier molecular flexibility index (Phi) is 52.5. The fraction of sp³-hybridized carbons (Fsp3) is 0.976. The maximum absolute atomic E-state index is 10.6. The fourth-order valence-corrected chi connectivity index (χ4v) is 5.24. The first-order valence-electron chi connectivity index (χ1n) is 22.8. The number of likely N-dealkylation sites (N-methyl/N-ethyl adjacent to an activating group) is 4. The van der Waals surface area contributed by atoms with E-state index in [2.05, 4.69) is 82.4 Å². The van der Waals surface area contributed by atoms with Gasteiger partial charge in [-0.3, -0.25) is 14.6 Å². The Bertz CT molecular complexity index is 1100. The maximum Gasteiger partial charge on any atom is 0.258 e. The van der Waals surface area contributed by atoms with E-state index in [1.165, 1.54) is 6.92 Å². The number of quaternary nitrogens is 3. The molecule has 0 saturated carbocycles. The zero-order valence-corrected chi connectivity index (χ0v) is 44.2. The van der Waals surface area contributed by atoms with Crippen LogP contribution in [0.2, 0.25) is 0 Å². The van der Waals surface area contributed by atoms with Gasteiger partial charge in [0.05, 0.1) is 158 Å². The van der Waals surface area contributed by atoms with Crippen LogP contribution in [0.4, 0.5) is 0 Å². The molecule has 0 aliphatic carbocycles. The van der Waals surface area contributed by atoms with Gasteiger partial charge in [0.15, 0.2) is 0 Å². The number of carbonyl (C=O) groups excluding carboxylic acids is 1. The number of amides is 1. The molecule has 21 nitrogen and oxygen atoms in total. The third-order valence-electron chi connectivity index (χ3n) is 10.7. The third kappa shape index (κ3) is 49.3. The predicted octanol–water partition coefficient (Wildman–Crippen LogP) is -5.23. The van der Waals surface area contributed by atoms with Gasteiger partial charge >= 0.3 is 0 Å². The molecule has 0 spiro atoms. The molecule has 1 rings (SSSR count). The summed E-state index contributed by atoms with van der Waals surface area (Å²) in [4.78, 5) is 15.3. The number of nitrogens with one attached hydrogen (secondary N) is 1. The summed E-state index contributed by atoms with van der Waals surface area (Å²) in [6, 6.07) is 0. The topological polar surface area (TPSA) is 249 Å². The van der Waals surface area contributed by atoms with Gasteiger partial charge in [-0.2, -0.15) is 0 Å². The van der Waals surface area contributed by atoms with Crippen molar-refractivity contribution in [2.45, 2.75) is 60.7 Å². The molecule has 1 amide bonds. The molecule has 2 atom stereocenters. The van der Waals surface area contributed by atoms with Gasteiger partial charge in [-0.1, -0.05) is 0 Å². The van der Waals surface area contributed by atoms with Crippen molar-refractivity contribution in [3.8, 4) is 0 Å². The fourth-order valence-electron chi connectivity index (χ4n) is 5.14. The number of aliphatic hydroxyl groups excluding tert-OH is 5. The second-order valence-corrected chi connectivity index (χ2v) is 18.4. The van der Waals surface area contributed by atoms with E-state index in [1.807, 2.05) is 0 Å². The zero-order valence-electron chi connectivity index (χ0n) is 42.6.